The van der Waals surface area contributed by atoms with Gasteiger partial charge in [0.2, 0.25) is 0 Å². The Kier molecular flexibility index (Phi) is 3.27. The van der Waals surface area contributed by atoms with E-state index in [-0.39, 0.29) is 11.9 Å². The van der Waals surface area contributed by atoms with Crippen molar-refractivity contribution < 1.29 is 4.39 Å². The summed E-state index contributed by atoms with van der Waals surface area (Å²) in [6.45, 7) is 0. The van der Waals surface area contributed by atoms with Crippen molar-refractivity contribution in [3.63, 3.8) is 0 Å². The molecule has 0 bridgehead atoms. The smallest absolute Gasteiger partial charge is 0.123 e. The van der Waals surface area contributed by atoms with Crippen molar-refractivity contribution >= 4 is 0 Å². The van der Waals surface area contributed by atoms with Crippen LogP contribution in [0.3, 0.4) is 0 Å². The standard InChI is InChI=1S/C13H13FN2/c1-15-13(11-3-2-8-16-9-11)10-4-6-12(14)7-5-10/h2-9,13,15H,1H3/t13-/m0/s1. The minimum Gasteiger partial charge on any atom is -0.309 e. The van der Waals surface area contributed by atoms with E-state index in [1.165, 1.54) is 12.1 Å². The Morgan fingerprint density at radius 1 is 1.12 bits per heavy atom. The van der Waals surface area contributed by atoms with Crippen LogP contribution in [-0.4, -0.2) is 12.0 Å². The molecule has 1 atom stereocenters. The molecule has 1 aromatic carbocycles. The van der Waals surface area contributed by atoms with Gasteiger partial charge in [-0.05, 0) is 36.4 Å². The van der Waals surface area contributed by atoms with Gasteiger partial charge in [-0.15, -0.1) is 0 Å². The van der Waals surface area contributed by atoms with Crippen LogP contribution >= 0.6 is 0 Å². The highest BCUT2D eigenvalue weighted by Crippen LogP contribution is 2.20. The second kappa shape index (κ2) is 4.86. The Labute approximate surface area is 94.2 Å². The number of nitrogens with one attached hydrogen (secondary N) is 1. The first-order valence-electron chi connectivity index (χ1n) is 5.14. The van der Waals surface area contributed by atoms with E-state index in [1.807, 2.05) is 25.4 Å². The second-order valence-electron chi connectivity index (χ2n) is 3.56. The summed E-state index contributed by atoms with van der Waals surface area (Å²) in [6.07, 6.45) is 3.55. The molecule has 0 saturated carbocycles. The van der Waals surface area contributed by atoms with Crippen LogP contribution in [0.4, 0.5) is 4.39 Å². The van der Waals surface area contributed by atoms with Crippen LogP contribution in [0.15, 0.2) is 48.8 Å². The van der Waals surface area contributed by atoms with Crippen LogP contribution in [0, 0.1) is 5.82 Å². The first kappa shape index (κ1) is 10.8. The molecule has 2 rings (SSSR count). The van der Waals surface area contributed by atoms with E-state index in [0.29, 0.717) is 0 Å². The fourth-order valence-electron chi connectivity index (χ4n) is 1.73. The normalized spacial score (nSPS) is 12.4. The van der Waals surface area contributed by atoms with E-state index in [4.69, 9.17) is 0 Å². The molecule has 2 aromatic rings. The minimum atomic E-state index is -0.218. The highest BCUT2D eigenvalue weighted by atomic mass is 19.1. The number of benzene rings is 1. The summed E-state index contributed by atoms with van der Waals surface area (Å²) in [4.78, 5) is 4.08. The fourth-order valence-corrected chi connectivity index (χ4v) is 1.73. The van der Waals surface area contributed by atoms with Crippen LogP contribution in [0.5, 0.6) is 0 Å². The SMILES string of the molecule is CN[C@@H](c1ccc(F)cc1)c1cccnc1. The first-order valence-corrected chi connectivity index (χ1v) is 5.14. The summed E-state index contributed by atoms with van der Waals surface area (Å²) in [5, 5.41) is 3.19. The van der Waals surface area contributed by atoms with Crippen LogP contribution in [0.25, 0.3) is 0 Å². The van der Waals surface area contributed by atoms with Gasteiger partial charge in [0.05, 0.1) is 6.04 Å². The Morgan fingerprint density at radius 3 is 2.44 bits per heavy atom. The van der Waals surface area contributed by atoms with Gasteiger partial charge >= 0.3 is 0 Å². The van der Waals surface area contributed by atoms with Crippen molar-refractivity contribution in [2.24, 2.45) is 0 Å². The van der Waals surface area contributed by atoms with Crippen molar-refractivity contribution in [1.29, 1.82) is 0 Å². The zero-order valence-electron chi connectivity index (χ0n) is 9.02. The Bertz CT molecular complexity index is 439. The number of rotatable bonds is 3. The number of halogens is 1. The maximum atomic E-state index is 12.8. The topological polar surface area (TPSA) is 24.9 Å². The molecule has 16 heavy (non-hydrogen) atoms. The van der Waals surface area contributed by atoms with Gasteiger partial charge in [0.25, 0.3) is 0 Å². The number of pyridine rings is 1. The van der Waals surface area contributed by atoms with Crippen molar-refractivity contribution in [2.75, 3.05) is 7.05 Å². The Hall–Kier alpha value is -1.74. The van der Waals surface area contributed by atoms with E-state index in [0.717, 1.165) is 11.1 Å². The van der Waals surface area contributed by atoms with E-state index in [9.17, 15) is 4.39 Å². The van der Waals surface area contributed by atoms with Gasteiger partial charge in [-0.25, -0.2) is 4.39 Å². The molecule has 0 aliphatic carbocycles. The van der Waals surface area contributed by atoms with Crippen molar-refractivity contribution in [2.45, 2.75) is 6.04 Å². The van der Waals surface area contributed by atoms with E-state index in [1.54, 1.807) is 18.3 Å². The summed E-state index contributed by atoms with van der Waals surface area (Å²) in [7, 11) is 1.88. The minimum absolute atomic E-state index is 0.0503. The maximum Gasteiger partial charge on any atom is 0.123 e. The molecule has 0 radical (unpaired) electrons. The quantitative estimate of drug-likeness (QED) is 0.852. The highest BCUT2D eigenvalue weighted by Gasteiger charge is 2.11. The van der Waals surface area contributed by atoms with E-state index >= 15 is 0 Å². The third-order valence-electron chi connectivity index (χ3n) is 2.51. The lowest BCUT2D eigenvalue weighted by Crippen LogP contribution is -2.17. The molecule has 1 N–H and O–H groups in total. The molecule has 0 aliphatic heterocycles. The van der Waals surface area contributed by atoms with E-state index < -0.39 is 0 Å². The van der Waals surface area contributed by atoms with Crippen LogP contribution < -0.4 is 5.32 Å². The molecule has 82 valence electrons. The van der Waals surface area contributed by atoms with Crippen molar-refractivity contribution in [3.8, 4) is 0 Å². The van der Waals surface area contributed by atoms with Gasteiger partial charge in [0, 0.05) is 12.4 Å². The van der Waals surface area contributed by atoms with Crippen LogP contribution in [0.2, 0.25) is 0 Å². The average molecular weight is 216 g/mol. The van der Waals surface area contributed by atoms with Gasteiger partial charge in [0.1, 0.15) is 5.82 Å². The van der Waals surface area contributed by atoms with Gasteiger partial charge in [0.15, 0.2) is 0 Å². The summed E-state index contributed by atoms with van der Waals surface area (Å²) in [5.74, 6) is -0.218. The maximum absolute atomic E-state index is 12.8. The number of hydrogen-bond donors (Lipinski definition) is 1. The zero-order valence-corrected chi connectivity index (χ0v) is 9.02. The number of nitrogens with zero attached hydrogens (tertiary/aromatic N) is 1. The summed E-state index contributed by atoms with van der Waals surface area (Å²) in [5.41, 5.74) is 2.09. The lowest BCUT2D eigenvalue weighted by molar-refractivity contribution is 0.623. The average Bonchev–Trinajstić information content (AvgIpc) is 2.34. The van der Waals surface area contributed by atoms with Crippen LogP contribution in [0.1, 0.15) is 17.2 Å². The Balaban J connectivity index is 2.33. The molecular weight excluding hydrogens is 203 g/mol. The molecular formula is C13H13FN2. The monoisotopic (exact) mass is 216 g/mol. The molecule has 3 heteroatoms. The van der Waals surface area contributed by atoms with Gasteiger partial charge < -0.3 is 5.32 Å². The Morgan fingerprint density at radius 2 is 1.88 bits per heavy atom. The summed E-state index contributed by atoms with van der Waals surface area (Å²) < 4.78 is 12.8. The number of hydrogen-bond acceptors (Lipinski definition) is 2. The van der Waals surface area contributed by atoms with Crippen molar-refractivity contribution in [1.82, 2.24) is 10.3 Å². The third kappa shape index (κ3) is 2.25. The predicted octanol–water partition coefficient (Wildman–Crippen LogP) is 2.53. The first-order chi connectivity index (χ1) is 7.81. The molecule has 0 fully saturated rings. The molecule has 2 nitrogen and oxygen atoms in total. The van der Waals surface area contributed by atoms with Crippen molar-refractivity contribution in [3.05, 3.63) is 65.7 Å². The summed E-state index contributed by atoms with van der Waals surface area (Å²) >= 11 is 0. The van der Waals surface area contributed by atoms with E-state index in [2.05, 4.69) is 10.3 Å². The molecule has 0 saturated heterocycles. The zero-order chi connectivity index (χ0) is 11.4. The highest BCUT2D eigenvalue weighted by molar-refractivity contribution is 5.29. The fraction of sp³-hybridized carbons (Fsp3) is 0.154. The van der Waals surface area contributed by atoms with Crippen LogP contribution in [-0.2, 0) is 0 Å². The molecule has 0 amide bonds. The molecule has 0 spiro atoms. The van der Waals surface area contributed by atoms with Gasteiger partial charge in [-0.3, -0.25) is 4.98 Å². The predicted molar refractivity (Wildman–Crippen MR) is 61.5 cm³/mol. The lowest BCUT2D eigenvalue weighted by Gasteiger charge is -2.16. The van der Waals surface area contributed by atoms with Gasteiger partial charge in [-0.2, -0.15) is 0 Å². The molecule has 0 unspecified atom stereocenters. The molecule has 0 aliphatic rings. The molecule has 1 heterocycles. The lowest BCUT2D eigenvalue weighted by atomic mass is 10.0. The third-order valence-corrected chi connectivity index (χ3v) is 2.51. The number of aromatic nitrogens is 1. The summed E-state index contributed by atoms with van der Waals surface area (Å²) in [6, 6.07) is 10.4. The molecule has 1 aromatic heterocycles. The van der Waals surface area contributed by atoms with Gasteiger partial charge in [-0.1, -0.05) is 18.2 Å². The largest absolute Gasteiger partial charge is 0.309 e. The second-order valence-corrected chi connectivity index (χ2v) is 3.56.